The number of carboxylic acid groups (broad SMARTS) is 1. The van der Waals surface area contributed by atoms with Crippen LogP contribution in [-0.2, 0) is 19.1 Å². The van der Waals surface area contributed by atoms with Crippen molar-refractivity contribution in [2.75, 3.05) is 32.9 Å². The molecule has 21 heavy (non-hydrogen) atoms. The Kier molecular flexibility index (Phi) is 6.90. The van der Waals surface area contributed by atoms with Crippen LogP contribution in [0.2, 0.25) is 0 Å². The van der Waals surface area contributed by atoms with Crippen molar-refractivity contribution in [3.05, 3.63) is 0 Å². The van der Waals surface area contributed by atoms with Crippen LogP contribution in [0.3, 0.4) is 0 Å². The van der Waals surface area contributed by atoms with E-state index in [1.54, 1.807) is 0 Å². The number of rotatable bonds is 7. The summed E-state index contributed by atoms with van der Waals surface area (Å²) in [5.41, 5.74) is 0. The molecule has 1 fully saturated rings. The Morgan fingerprint density at radius 1 is 1.24 bits per heavy atom. The number of halogens is 3. The van der Waals surface area contributed by atoms with Gasteiger partial charge in [-0.05, 0) is 12.8 Å². The minimum absolute atomic E-state index is 0.0789. The third-order valence-electron chi connectivity index (χ3n) is 2.96. The fourth-order valence-corrected chi connectivity index (χ4v) is 1.93. The highest BCUT2D eigenvalue weighted by Gasteiger charge is 2.29. The van der Waals surface area contributed by atoms with Gasteiger partial charge in [0.05, 0.1) is 19.1 Å². The second-order valence-corrected chi connectivity index (χ2v) is 4.70. The summed E-state index contributed by atoms with van der Waals surface area (Å²) in [7, 11) is 0. The average molecular weight is 313 g/mol. The molecule has 1 amide bonds. The first-order chi connectivity index (χ1) is 9.78. The molecule has 0 aromatic carbocycles. The van der Waals surface area contributed by atoms with Gasteiger partial charge in [-0.2, -0.15) is 13.2 Å². The summed E-state index contributed by atoms with van der Waals surface area (Å²) in [6, 6.07) is 0. The standard InChI is InChI=1S/C12H18F3NO5/c13-12(14,15)8-20-7-10(17)16-4-1-9(2-5-16)21-6-3-11(18)19/h9H,1-8H2,(H,18,19). The van der Waals surface area contributed by atoms with Crippen molar-refractivity contribution in [3.8, 4) is 0 Å². The molecule has 1 N–H and O–H groups in total. The summed E-state index contributed by atoms with van der Waals surface area (Å²) in [5.74, 6) is -1.42. The zero-order chi connectivity index (χ0) is 15.9. The Morgan fingerprint density at radius 3 is 2.38 bits per heavy atom. The van der Waals surface area contributed by atoms with E-state index in [0.29, 0.717) is 25.9 Å². The van der Waals surface area contributed by atoms with Crippen LogP contribution in [0, 0.1) is 0 Å². The summed E-state index contributed by atoms with van der Waals surface area (Å²) >= 11 is 0. The Balaban J connectivity index is 2.17. The fourth-order valence-electron chi connectivity index (χ4n) is 1.93. The van der Waals surface area contributed by atoms with Crippen LogP contribution in [0.25, 0.3) is 0 Å². The fraction of sp³-hybridized carbons (Fsp3) is 0.833. The number of likely N-dealkylation sites (tertiary alicyclic amines) is 1. The van der Waals surface area contributed by atoms with Crippen LogP contribution in [-0.4, -0.2) is 67.1 Å². The number of carboxylic acids is 1. The number of alkyl halides is 3. The second-order valence-electron chi connectivity index (χ2n) is 4.70. The predicted molar refractivity (Wildman–Crippen MR) is 64.7 cm³/mol. The normalized spacial score (nSPS) is 17.0. The van der Waals surface area contributed by atoms with Crippen molar-refractivity contribution in [2.24, 2.45) is 0 Å². The van der Waals surface area contributed by atoms with Crippen LogP contribution >= 0.6 is 0 Å². The minimum Gasteiger partial charge on any atom is -0.481 e. The van der Waals surface area contributed by atoms with Crippen molar-refractivity contribution >= 4 is 11.9 Å². The molecule has 6 nitrogen and oxygen atoms in total. The Morgan fingerprint density at radius 2 is 1.86 bits per heavy atom. The van der Waals surface area contributed by atoms with E-state index in [2.05, 4.69) is 4.74 Å². The summed E-state index contributed by atoms with van der Waals surface area (Å²) in [5, 5.41) is 8.47. The lowest BCUT2D eigenvalue weighted by Crippen LogP contribution is -2.43. The van der Waals surface area contributed by atoms with Gasteiger partial charge in [-0.25, -0.2) is 0 Å². The molecule has 0 radical (unpaired) electrons. The van der Waals surface area contributed by atoms with E-state index < -0.39 is 31.3 Å². The van der Waals surface area contributed by atoms with Crippen molar-refractivity contribution in [1.82, 2.24) is 4.90 Å². The number of nitrogens with zero attached hydrogens (tertiary/aromatic N) is 1. The molecule has 122 valence electrons. The van der Waals surface area contributed by atoms with Gasteiger partial charge in [0, 0.05) is 13.1 Å². The largest absolute Gasteiger partial charge is 0.481 e. The first kappa shape index (κ1) is 17.7. The van der Waals surface area contributed by atoms with Crippen LogP contribution in [0.5, 0.6) is 0 Å². The van der Waals surface area contributed by atoms with Crippen LogP contribution in [0.4, 0.5) is 13.2 Å². The van der Waals surface area contributed by atoms with E-state index in [9.17, 15) is 22.8 Å². The van der Waals surface area contributed by atoms with Gasteiger partial charge in [0.2, 0.25) is 5.91 Å². The Labute approximate surface area is 119 Å². The molecule has 9 heteroatoms. The molecule has 0 spiro atoms. The first-order valence-corrected chi connectivity index (χ1v) is 6.53. The number of hydrogen-bond donors (Lipinski definition) is 1. The first-order valence-electron chi connectivity index (χ1n) is 6.53. The lowest BCUT2D eigenvalue weighted by atomic mass is 10.1. The maximum absolute atomic E-state index is 11.9. The molecule has 0 atom stereocenters. The van der Waals surface area contributed by atoms with Crippen molar-refractivity contribution < 1.29 is 37.3 Å². The third kappa shape index (κ3) is 7.86. The number of aliphatic carboxylic acids is 1. The minimum atomic E-state index is -4.44. The maximum Gasteiger partial charge on any atom is 0.411 e. The molecule has 1 saturated heterocycles. The second kappa shape index (κ2) is 8.18. The van der Waals surface area contributed by atoms with Gasteiger partial charge >= 0.3 is 12.1 Å². The zero-order valence-corrected chi connectivity index (χ0v) is 11.4. The third-order valence-corrected chi connectivity index (χ3v) is 2.96. The molecule has 0 saturated carbocycles. The molecule has 0 aromatic rings. The number of ether oxygens (including phenoxy) is 2. The number of carbonyl (C=O) groups excluding carboxylic acids is 1. The SMILES string of the molecule is O=C(O)CCOC1CCN(C(=O)COCC(F)(F)F)CC1. The van der Waals surface area contributed by atoms with Gasteiger partial charge in [0.1, 0.15) is 13.2 Å². The van der Waals surface area contributed by atoms with Crippen LogP contribution < -0.4 is 0 Å². The number of carbonyl (C=O) groups is 2. The van der Waals surface area contributed by atoms with E-state index in [4.69, 9.17) is 9.84 Å². The van der Waals surface area contributed by atoms with Crippen LogP contribution in [0.15, 0.2) is 0 Å². The van der Waals surface area contributed by atoms with Gasteiger partial charge in [0.15, 0.2) is 0 Å². The van der Waals surface area contributed by atoms with Crippen molar-refractivity contribution in [2.45, 2.75) is 31.5 Å². The van der Waals surface area contributed by atoms with Crippen molar-refractivity contribution in [1.29, 1.82) is 0 Å². The van der Waals surface area contributed by atoms with Gasteiger partial charge in [-0.15, -0.1) is 0 Å². The van der Waals surface area contributed by atoms with Crippen LogP contribution in [0.1, 0.15) is 19.3 Å². The molecule has 1 aliphatic rings. The monoisotopic (exact) mass is 313 g/mol. The topological polar surface area (TPSA) is 76.1 Å². The lowest BCUT2D eigenvalue weighted by molar-refractivity contribution is -0.178. The molecule has 0 aromatic heterocycles. The summed E-state index contributed by atoms with van der Waals surface area (Å²) in [4.78, 5) is 23.4. The smallest absolute Gasteiger partial charge is 0.411 e. The molecule has 0 aliphatic carbocycles. The van der Waals surface area contributed by atoms with Gasteiger partial charge in [-0.1, -0.05) is 0 Å². The highest BCUT2D eigenvalue weighted by atomic mass is 19.4. The van der Waals surface area contributed by atoms with E-state index in [1.807, 2.05) is 0 Å². The molecule has 1 rings (SSSR count). The zero-order valence-electron chi connectivity index (χ0n) is 11.4. The quantitative estimate of drug-likeness (QED) is 0.760. The van der Waals surface area contributed by atoms with E-state index in [0.717, 1.165) is 0 Å². The van der Waals surface area contributed by atoms with Gasteiger partial charge < -0.3 is 19.5 Å². The Hall–Kier alpha value is -1.35. The Bertz CT molecular complexity index is 353. The van der Waals surface area contributed by atoms with E-state index >= 15 is 0 Å². The molecular formula is C12H18F3NO5. The van der Waals surface area contributed by atoms with Gasteiger partial charge in [-0.3, -0.25) is 9.59 Å². The molecule has 1 heterocycles. The predicted octanol–water partition coefficient (Wildman–Crippen LogP) is 1.05. The number of hydrogen-bond acceptors (Lipinski definition) is 4. The highest BCUT2D eigenvalue weighted by Crippen LogP contribution is 2.16. The summed E-state index contributed by atoms with van der Waals surface area (Å²) in [6.45, 7) is -1.18. The molecule has 1 aliphatic heterocycles. The number of piperidine rings is 1. The average Bonchev–Trinajstić information content (AvgIpc) is 2.37. The summed E-state index contributed by atoms with van der Waals surface area (Å²) < 4.78 is 45.3. The molecular weight excluding hydrogens is 295 g/mol. The number of amides is 1. The maximum atomic E-state index is 11.9. The van der Waals surface area contributed by atoms with E-state index in [1.165, 1.54) is 4.90 Å². The van der Waals surface area contributed by atoms with E-state index in [-0.39, 0.29) is 19.1 Å². The highest BCUT2D eigenvalue weighted by molar-refractivity contribution is 5.77. The molecule has 0 bridgehead atoms. The lowest BCUT2D eigenvalue weighted by Gasteiger charge is -2.31. The molecule has 0 unspecified atom stereocenters. The summed E-state index contributed by atoms with van der Waals surface area (Å²) in [6.07, 6.45) is -3.57. The van der Waals surface area contributed by atoms with Crippen molar-refractivity contribution in [3.63, 3.8) is 0 Å². The van der Waals surface area contributed by atoms with Gasteiger partial charge in [0.25, 0.3) is 0 Å².